The number of rotatable bonds is 5. The van der Waals surface area contributed by atoms with E-state index in [0.29, 0.717) is 23.5 Å². The summed E-state index contributed by atoms with van der Waals surface area (Å²) >= 11 is 0. The molecule has 0 aliphatic carbocycles. The van der Waals surface area contributed by atoms with E-state index in [9.17, 15) is 15.0 Å². The number of carbonyl (C=O) groups is 1. The van der Waals surface area contributed by atoms with Crippen molar-refractivity contribution < 1.29 is 19.7 Å². The summed E-state index contributed by atoms with van der Waals surface area (Å²) in [6, 6.07) is 10.9. The molecule has 1 atom stereocenters. The van der Waals surface area contributed by atoms with Crippen LogP contribution < -0.4 is 4.74 Å². The van der Waals surface area contributed by atoms with Gasteiger partial charge in [0.05, 0.1) is 6.61 Å². The molecule has 0 saturated heterocycles. The number of hydrogen-bond acceptors (Lipinski definition) is 3. The Morgan fingerprint density at radius 1 is 1.00 bits per heavy atom. The highest BCUT2D eigenvalue weighted by molar-refractivity contribution is 5.82. The molecule has 0 spiro atoms. The van der Waals surface area contributed by atoms with Crippen LogP contribution in [0.5, 0.6) is 11.5 Å². The summed E-state index contributed by atoms with van der Waals surface area (Å²) in [4.78, 5) is 12.2. The first-order valence-corrected chi connectivity index (χ1v) is 9.69. The van der Waals surface area contributed by atoms with Crippen LogP contribution in [0.2, 0.25) is 0 Å². The third kappa shape index (κ3) is 4.67. The molecule has 0 bridgehead atoms. The highest BCUT2D eigenvalue weighted by Crippen LogP contribution is 2.42. The Bertz CT molecular complexity index is 837. The minimum Gasteiger partial charge on any atom is -0.507 e. The second kappa shape index (κ2) is 7.86. The summed E-state index contributed by atoms with van der Waals surface area (Å²) in [5.41, 5.74) is 2.30. The average molecular weight is 385 g/mol. The third-order valence-electron chi connectivity index (χ3n) is 4.90. The zero-order chi connectivity index (χ0) is 21.3. The molecule has 0 aliphatic rings. The van der Waals surface area contributed by atoms with Crippen LogP contribution in [0.1, 0.15) is 76.6 Å². The van der Waals surface area contributed by atoms with Crippen LogP contribution in [0, 0.1) is 0 Å². The van der Waals surface area contributed by atoms with Crippen molar-refractivity contribution >= 4 is 5.97 Å². The summed E-state index contributed by atoms with van der Waals surface area (Å²) in [5, 5.41) is 21.1. The Hall–Kier alpha value is -2.49. The summed E-state index contributed by atoms with van der Waals surface area (Å²) in [6.07, 6.45) is 0. The van der Waals surface area contributed by atoms with Crippen LogP contribution in [-0.4, -0.2) is 22.8 Å². The van der Waals surface area contributed by atoms with Crippen molar-refractivity contribution in [3.05, 3.63) is 58.7 Å². The molecule has 0 amide bonds. The van der Waals surface area contributed by atoms with Crippen molar-refractivity contribution in [1.29, 1.82) is 0 Å². The molecule has 0 heterocycles. The number of benzene rings is 2. The predicted molar refractivity (Wildman–Crippen MR) is 113 cm³/mol. The Kier molecular flexibility index (Phi) is 6.12. The Morgan fingerprint density at radius 3 is 2.00 bits per heavy atom. The lowest BCUT2D eigenvalue weighted by Crippen LogP contribution is -2.20. The summed E-state index contributed by atoms with van der Waals surface area (Å²) in [6.45, 7) is 14.8. The van der Waals surface area contributed by atoms with Gasteiger partial charge in [-0.15, -0.1) is 0 Å². The fourth-order valence-electron chi connectivity index (χ4n) is 3.26. The monoisotopic (exact) mass is 384 g/mol. The van der Waals surface area contributed by atoms with Crippen molar-refractivity contribution in [1.82, 2.24) is 0 Å². The van der Waals surface area contributed by atoms with E-state index in [4.69, 9.17) is 4.74 Å². The lowest BCUT2D eigenvalue weighted by Gasteiger charge is -2.29. The van der Waals surface area contributed by atoms with E-state index in [1.54, 1.807) is 24.3 Å². The van der Waals surface area contributed by atoms with Crippen LogP contribution >= 0.6 is 0 Å². The van der Waals surface area contributed by atoms with Crippen molar-refractivity contribution in [3.8, 4) is 11.5 Å². The zero-order valence-electron chi connectivity index (χ0n) is 18.0. The van der Waals surface area contributed by atoms with E-state index in [1.165, 1.54) is 0 Å². The summed E-state index contributed by atoms with van der Waals surface area (Å²) in [7, 11) is 0. The maximum Gasteiger partial charge on any atom is 0.315 e. The van der Waals surface area contributed by atoms with Gasteiger partial charge in [0.1, 0.15) is 17.4 Å². The van der Waals surface area contributed by atoms with E-state index in [0.717, 1.165) is 11.1 Å². The largest absolute Gasteiger partial charge is 0.507 e. The summed E-state index contributed by atoms with van der Waals surface area (Å²) < 4.78 is 5.46. The number of aliphatic carboxylic acids is 1. The highest BCUT2D eigenvalue weighted by atomic mass is 16.5. The van der Waals surface area contributed by atoms with E-state index in [-0.39, 0.29) is 16.6 Å². The van der Waals surface area contributed by atoms with E-state index < -0.39 is 11.9 Å². The topological polar surface area (TPSA) is 66.8 Å². The number of hydrogen-bond donors (Lipinski definition) is 2. The van der Waals surface area contributed by atoms with Gasteiger partial charge in [0, 0.05) is 5.56 Å². The third-order valence-corrected chi connectivity index (χ3v) is 4.90. The number of phenols is 1. The van der Waals surface area contributed by atoms with Crippen LogP contribution in [-0.2, 0) is 15.6 Å². The lowest BCUT2D eigenvalue weighted by atomic mass is 9.76. The van der Waals surface area contributed by atoms with Crippen LogP contribution in [0.25, 0.3) is 0 Å². The lowest BCUT2D eigenvalue weighted by molar-refractivity contribution is -0.137. The van der Waals surface area contributed by atoms with Crippen LogP contribution in [0.3, 0.4) is 0 Å². The van der Waals surface area contributed by atoms with E-state index >= 15 is 0 Å². The molecule has 0 aliphatic heterocycles. The quantitative estimate of drug-likeness (QED) is 0.704. The first kappa shape index (κ1) is 21.8. The smallest absolute Gasteiger partial charge is 0.315 e. The molecule has 2 N–H and O–H groups in total. The molecule has 1 unspecified atom stereocenters. The molecule has 4 heteroatoms. The normalized spacial score (nSPS) is 13.2. The maximum atomic E-state index is 12.2. The maximum absolute atomic E-state index is 12.2. The van der Waals surface area contributed by atoms with Crippen molar-refractivity contribution in [2.45, 2.75) is 65.2 Å². The van der Waals surface area contributed by atoms with E-state index in [2.05, 4.69) is 20.8 Å². The Labute approximate surface area is 168 Å². The number of phenolic OH excluding ortho intramolecular Hbond substituents is 1. The molecular weight excluding hydrogens is 352 g/mol. The highest BCUT2D eigenvalue weighted by Gasteiger charge is 2.31. The van der Waals surface area contributed by atoms with Gasteiger partial charge in [-0.1, -0.05) is 65.8 Å². The molecule has 28 heavy (non-hydrogen) atoms. The van der Waals surface area contributed by atoms with Crippen molar-refractivity contribution in [2.24, 2.45) is 0 Å². The van der Waals surface area contributed by atoms with Gasteiger partial charge >= 0.3 is 5.97 Å². The second-order valence-electron chi connectivity index (χ2n) is 9.23. The van der Waals surface area contributed by atoms with Crippen molar-refractivity contribution in [2.75, 3.05) is 6.61 Å². The van der Waals surface area contributed by atoms with Gasteiger partial charge < -0.3 is 14.9 Å². The fourth-order valence-corrected chi connectivity index (χ4v) is 3.26. The molecule has 2 rings (SSSR count). The molecular formula is C24H32O4. The molecule has 0 saturated carbocycles. The minimum absolute atomic E-state index is 0.0572. The molecule has 2 aromatic rings. The minimum atomic E-state index is -0.995. The molecule has 0 aromatic heterocycles. The molecule has 0 fully saturated rings. The van der Waals surface area contributed by atoms with Crippen LogP contribution in [0.4, 0.5) is 0 Å². The summed E-state index contributed by atoms with van der Waals surface area (Å²) in [5.74, 6) is -1.20. The molecule has 0 radical (unpaired) electrons. The number of carboxylic acids is 1. The van der Waals surface area contributed by atoms with Crippen molar-refractivity contribution in [3.63, 3.8) is 0 Å². The van der Waals surface area contributed by atoms with Gasteiger partial charge in [0.2, 0.25) is 0 Å². The Morgan fingerprint density at radius 2 is 1.57 bits per heavy atom. The number of aromatic hydroxyl groups is 1. The van der Waals surface area contributed by atoms with Gasteiger partial charge in [-0.2, -0.15) is 0 Å². The van der Waals surface area contributed by atoms with Gasteiger partial charge in [-0.05, 0) is 46.6 Å². The molecule has 152 valence electrons. The first-order valence-electron chi connectivity index (χ1n) is 9.69. The predicted octanol–water partition coefficient (Wildman–Crippen LogP) is 5.60. The van der Waals surface area contributed by atoms with Gasteiger partial charge in [-0.25, -0.2) is 0 Å². The number of carboxylic acid groups (broad SMARTS) is 1. The number of ether oxygens (including phenoxy) is 1. The average Bonchev–Trinajstić information content (AvgIpc) is 2.56. The van der Waals surface area contributed by atoms with Crippen LogP contribution in [0.15, 0.2) is 36.4 Å². The van der Waals surface area contributed by atoms with Gasteiger partial charge in [-0.3, -0.25) is 4.79 Å². The van der Waals surface area contributed by atoms with Gasteiger partial charge in [0.15, 0.2) is 0 Å². The molecule has 4 nitrogen and oxygen atoms in total. The van der Waals surface area contributed by atoms with Gasteiger partial charge in [0.25, 0.3) is 0 Å². The zero-order valence-corrected chi connectivity index (χ0v) is 18.0. The standard InChI is InChI=1S/C24H32O4/c1-8-28-17-11-9-15(10-12-17)20(22(26)27)18-13-16(23(2,3)4)14-19(21(18)25)24(5,6)7/h9-14,20,25H,8H2,1-7H3,(H,26,27). The second-order valence-corrected chi connectivity index (χ2v) is 9.23. The fraction of sp³-hybridized carbons (Fsp3) is 0.458. The van der Waals surface area contributed by atoms with E-state index in [1.807, 2.05) is 39.8 Å². The molecule has 2 aromatic carbocycles. The SMILES string of the molecule is CCOc1ccc(C(C(=O)O)c2cc(C(C)(C)C)cc(C(C)(C)C)c2O)cc1. The first-order chi connectivity index (χ1) is 12.9. The Balaban J connectivity index is 2.71.